The van der Waals surface area contributed by atoms with Gasteiger partial charge in [0.2, 0.25) is 0 Å². The normalized spacial score (nSPS) is 12.8. The van der Waals surface area contributed by atoms with Crippen LogP contribution in [0.25, 0.3) is 0 Å². The van der Waals surface area contributed by atoms with E-state index in [9.17, 15) is 4.39 Å². The van der Waals surface area contributed by atoms with Crippen LogP contribution >= 0.6 is 15.9 Å². The lowest BCUT2D eigenvalue weighted by Crippen LogP contribution is -2.21. The third-order valence-corrected chi connectivity index (χ3v) is 3.07. The van der Waals surface area contributed by atoms with Gasteiger partial charge in [0.1, 0.15) is 11.6 Å². The maximum absolute atomic E-state index is 13.7. The summed E-state index contributed by atoms with van der Waals surface area (Å²) in [5.74, 6) is 0.353. The molecule has 0 spiro atoms. The number of hydrogen-bond donors (Lipinski definition) is 0. The number of benzene rings is 1. The van der Waals surface area contributed by atoms with Crippen molar-refractivity contribution in [2.24, 2.45) is 0 Å². The second-order valence-electron chi connectivity index (χ2n) is 4.26. The highest BCUT2D eigenvalue weighted by atomic mass is 79.9. The molecule has 0 aliphatic heterocycles. The molecule has 1 atom stereocenters. The predicted octanol–water partition coefficient (Wildman–Crippen LogP) is 3.44. The predicted molar refractivity (Wildman–Crippen MR) is 72.3 cm³/mol. The number of halogens is 2. The van der Waals surface area contributed by atoms with E-state index in [0.717, 1.165) is 13.0 Å². The molecule has 0 radical (unpaired) electrons. The summed E-state index contributed by atoms with van der Waals surface area (Å²) in [7, 11) is 3.54. The Labute approximate surface area is 111 Å². The van der Waals surface area contributed by atoms with Crippen molar-refractivity contribution in [2.45, 2.75) is 24.7 Å². The van der Waals surface area contributed by atoms with E-state index < -0.39 is 0 Å². The molecule has 1 rings (SSSR count). The number of methoxy groups -OCH3 is 1. The van der Waals surface area contributed by atoms with Crippen LogP contribution in [0.3, 0.4) is 0 Å². The first-order valence-corrected chi connectivity index (χ1v) is 6.59. The monoisotopic (exact) mass is 303 g/mol. The molecule has 4 heteroatoms. The van der Waals surface area contributed by atoms with Crippen molar-refractivity contribution in [1.82, 2.24) is 4.90 Å². The van der Waals surface area contributed by atoms with Gasteiger partial charge in [-0.3, -0.25) is 0 Å². The van der Waals surface area contributed by atoms with Gasteiger partial charge in [-0.15, -0.1) is 0 Å². The minimum atomic E-state index is -0.205. The highest BCUT2D eigenvalue weighted by Gasteiger charge is 2.07. The number of hydrogen-bond acceptors (Lipinski definition) is 2. The molecular weight excluding hydrogens is 285 g/mol. The van der Waals surface area contributed by atoms with Gasteiger partial charge in [-0.2, -0.15) is 0 Å². The maximum Gasteiger partial charge on any atom is 0.131 e. The van der Waals surface area contributed by atoms with Crippen LogP contribution in [0.5, 0.6) is 5.75 Å². The number of nitrogens with zero attached hydrogens (tertiary/aromatic N) is 1. The molecule has 0 aromatic heterocycles. The molecule has 0 saturated heterocycles. The van der Waals surface area contributed by atoms with Gasteiger partial charge in [-0.25, -0.2) is 4.39 Å². The van der Waals surface area contributed by atoms with E-state index in [-0.39, 0.29) is 5.82 Å². The fourth-order valence-corrected chi connectivity index (χ4v) is 1.76. The summed E-state index contributed by atoms with van der Waals surface area (Å²) in [6.45, 7) is 3.68. The van der Waals surface area contributed by atoms with Crippen molar-refractivity contribution in [1.29, 1.82) is 0 Å². The van der Waals surface area contributed by atoms with Crippen molar-refractivity contribution in [3.8, 4) is 5.75 Å². The van der Waals surface area contributed by atoms with Crippen molar-refractivity contribution in [3.63, 3.8) is 0 Å². The lowest BCUT2D eigenvalue weighted by molar-refractivity contribution is 0.317. The first-order chi connectivity index (χ1) is 8.02. The summed E-state index contributed by atoms with van der Waals surface area (Å²) in [6, 6.07) is 5.00. The Morgan fingerprint density at radius 3 is 2.71 bits per heavy atom. The van der Waals surface area contributed by atoms with Crippen LogP contribution in [-0.2, 0) is 6.54 Å². The summed E-state index contributed by atoms with van der Waals surface area (Å²) < 4.78 is 18.7. The molecule has 2 nitrogen and oxygen atoms in total. The number of alkyl halides is 1. The van der Waals surface area contributed by atoms with Gasteiger partial charge in [0.05, 0.1) is 7.11 Å². The number of ether oxygens (including phenoxy) is 1. The quantitative estimate of drug-likeness (QED) is 0.747. The molecule has 0 saturated carbocycles. The van der Waals surface area contributed by atoms with Crippen molar-refractivity contribution < 1.29 is 9.13 Å². The van der Waals surface area contributed by atoms with Crippen molar-refractivity contribution >= 4 is 15.9 Å². The Balaban J connectivity index is 2.56. The van der Waals surface area contributed by atoms with Crippen molar-refractivity contribution in [3.05, 3.63) is 29.6 Å². The molecule has 1 unspecified atom stereocenters. The summed E-state index contributed by atoms with van der Waals surface area (Å²) in [5, 5.41) is 0. The Morgan fingerprint density at radius 1 is 1.47 bits per heavy atom. The first-order valence-electron chi connectivity index (χ1n) is 5.68. The van der Waals surface area contributed by atoms with E-state index in [4.69, 9.17) is 4.74 Å². The molecule has 0 bridgehead atoms. The lowest BCUT2D eigenvalue weighted by atomic mass is 10.2. The Morgan fingerprint density at radius 2 is 2.18 bits per heavy atom. The van der Waals surface area contributed by atoms with E-state index in [0.29, 0.717) is 22.7 Å². The summed E-state index contributed by atoms with van der Waals surface area (Å²) in [6.07, 6.45) is 1.05. The largest absolute Gasteiger partial charge is 0.497 e. The third kappa shape index (κ3) is 5.04. The van der Waals surface area contributed by atoms with Gasteiger partial charge < -0.3 is 9.64 Å². The van der Waals surface area contributed by atoms with E-state index in [1.54, 1.807) is 12.1 Å². The summed E-state index contributed by atoms with van der Waals surface area (Å²) in [4.78, 5) is 2.61. The molecule has 96 valence electrons. The highest BCUT2D eigenvalue weighted by Crippen LogP contribution is 2.17. The molecular formula is C13H19BrFNO. The second kappa shape index (κ2) is 6.97. The molecule has 0 amide bonds. The molecule has 17 heavy (non-hydrogen) atoms. The van der Waals surface area contributed by atoms with E-state index in [1.165, 1.54) is 13.2 Å². The van der Waals surface area contributed by atoms with Crippen LogP contribution in [0.4, 0.5) is 4.39 Å². The fraction of sp³-hybridized carbons (Fsp3) is 0.538. The topological polar surface area (TPSA) is 12.5 Å². The average Bonchev–Trinajstić information content (AvgIpc) is 2.29. The van der Waals surface area contributed by atoms with Crippen LogP contribution in [0, 0.1) is 5.82 Å². The molecule has 0 aliphatic rings. The Kier molecular flexibility index (Phi) is 5.92. The first kappa shape index (κ1) is 14.5. The molecule has 1 aromatic carbocycles. The van der Waals surface area contributed by atoms with E-state index in [2.05, 4.69) is 27.8 Å². The zero-order valence-electron chi connectivity index (χ0n) is 10.5. The smallest absolute Gasteiger partial charge is 0.131 e. The summed E-state index contributed by atoms with van der Waals surface area (Å²) >= 11 is 3.50. The Bertz CT molecular complexity index is 357. The zero-order valence-corrected chi connectivity index (χ0v) is 12.1. The minimum absolute atomic E-state index is 0.205. The highest BCUT2D eigenvalue weighted by molar-refractivity contribution is 9.09. The van der Waals surface area contributed by atoms with Crippen LogP contribution in [-0.4, -0.2) is 30.4 Å². The Hall–Kier alpha value is -0.610. The van der Waals surface area contributed by atoms with Crippen LogP contribution in [0.2, 0.25) is 0 Å². The molecule has 0 fully saturated rings. The van der Waals surface area contributed by atoms with Gasteiger partial charge in [0.15, 0.2) is 0 Å². The van der Waals surface area contributed by atoms with Gasteiger partial charge in [-0.1, -0.05) is 28.9 Å². The molecule has 0 heterocycles. The molecule has 1 aromatic rings. The fourth-order valence-electron chi connectivity index (χ4n) is 1.55. The SMILES string of the molecule is COc1ccc(CN(C)CCC(C)Br)c(F)c1. The van der Waals surface area contributed by atoms with E-state index in [1.807, 2.05) is 7.05 Å². The van der Waals surface area contributed by atoms with Gasteiger partial charge in [0.25, 0.3) is 0 Å². The molecule has 0 N–H and O–H groups in total. The van der Waals surface area contributed by atoms with Gasteiger partial charge in [0, 0.05) is 23.0 Å². The van der Waals surface area contributed by atoms with Crippen LogP contribution in [0.1, 0.15) is 18.9 Å². The minimum Gasteiger partial charge on any atom is -0.497 e. The zero-order chi connectivity index (χ0) is 12.8. The number of rotatable bonds is 6. The maximum atomic E-state index is 13.7. The van der Waals surface area contributed by atoms with E-state index >= 15 is 0 Å². The van der Waals surface area contributed by atoms with Gasteiger partial charge >= 0.3 is 0 Å². The second-order valence-corrected chi connectivity index (χ2v) is 5.83. The lowest BCUT2D eigenvalue weighted by Gasteiger charge is -2.18. The molecule has 0 aliphatic carbocycles. The van der Waals surface area contributed by atoms with Crippen LogP contribution in [0.15, 0.2) is 18.2 Å². The van der Waals surface area contributed by atoms with Gasteiger partial charge in [-0.05, 0) is 26.1 Å². The van der Waals surface area contributed by atoms with Crippen LogP contribution < -0.4 is 4.74 Å². The standard InChI is InChI=1S/C13H19BrFNO/c1-10(14)6-7-16(2)9-11-4-5-12(17-3)8-13(11)15/h4-5,8,10H,6-7,9H2,1-3H3. The third-order valence-electron chi connectivity index (χ3n) is 2.61. The van der Waals surface area contributed by atoms with Crippen molar-refractivity contribution in [2.75, 3.05) is 20.7 Å². The average molecular weight is 304 g/mol. The summed E-state index contributed by atoms with van der Waals surface area (Å²) in [5.41, 5.74) is 0.704.